The number of phenolic OH excluding ortho intramolecular Hbond substituents is 1. The smallest absolute Gasteiger partial charge is 0.433 e. The fraction of sp³-hybridized carbons (Fsp3) is 0.130. The quantitative estimate of drug-likeness (QED) is 0.318. The molecule has 0 aliphatic carbocycles. The van der Waals surface area contributed by atoms with Crippen LogP contribution in [0.15, 0.2) is 67.0 Å². The highest BCUT2D eigenvalue weighted by Gasteiger charge is 2.33. The Morgan fingerprint density at radius 3 is 2.18 bits per heavy atom. The summed E-state index contributed by atoms with van der Waals surface area (Å²) in [6.07, 6.45) is -7.20. The van der Waals surface area contributed by atoms with Crippen molar-refractivity contribution in [1.82, 2.24) is 9.97 Å². The molecule has 4 rings (SSSR count). The Hall–Kier alpha value is -3.89. The molecule has 0 bridgehead atoms. The summed E-state index contributed by atoms with van der Waals surface area (Å²) in [4.78, 5) is 7.40. The van der Waals surface area contributed by atoms with Gasteiger partial charge in [0.05, 0.1) is 23.5 Å². The number of fused-ring (bicyclic) bond motifs is 1. The number of benzene rings is 2. The van der Waals surface area contributed by atoms with E-state index in [-0.39, 0.29) is 28.1 Å². The lowest BCUT2D eigenvalue weighted by molar-refractivity contribution is -0.141. The summed E-state index contributed by atoms with van der Waals surface area (Å²) >= 11 is 0. The number of nitrogens with zero attached hydrogens (tertiary/aromatic N) is 2. The van der Waals surface area contributed by atoms with E-state index in [0.717, 1.165) is 18.3 Å². The lowest BCUT2D eigenvalue weighted by Gasteiger charge is -2.23. The van der Waals surface area contributed by atoms with E-state index in [0.29, 0.717) is 23.6 Å². The molecule has 4 nitrogen and oxygen atoms in total. The summed E-state index contributed by atoms with van der Waals surface area (Å²) < 4.78 is 92.4. The minimum atomic E-state index is -4.78. The molecule has 0 saturated carbocycles. The van der Waals surface area contributed by atoms with Gasteiger partial charge in [0.2, 0.25) is 0 Å². The standard InChI is InChI=1S/C23H14F7N3O/c24-17-10-13(22(25,26)27)4-7-15(17)20(33-14-5-8-18(32-11-14)23(28,29)30)16-6-3-12-2-1-9-31-19(12)21(16)34/h1-11,20,33-34H. The number of nitrogens with one attached hydrogen (secondary N) is 1. The summed E-state index contributed by atoms with van der Waals surface area (Å²) in [5, 5.41) is 14.1. The molecular weight excluding hydrogens is 467 g/mol. The molecule has 2 aromatic carbocycles. The van der Waals surface area contributed by atoms with Gasteiger partial charge in [-0.15, -0.1) is 0 Å². The van der Waals surface area contributed by atoms with Crippen LogP contribution >= 0.6 is 0 Å². The third-order valence-corrected chi connectivity index (χ3v) is 5.09. The van der Waals surface area contributed by atoms with Crippen molar-refractivity contribution in [3.63, 3.8) is 0 Å². The highest BCUT2D eigenvalue weighted by Crippen LogP contribution is 2.39. The molecule has 34 heavy (non-hydrogen) atoms. The second kappa shape index (κ2) is 8.47. The van der Waals surface area contributed by atoms with Gasteiger partial charge in [0, 0.05) is 22.7 Å². The van der Waals surface area contributed by atoms with Gasteiger partial charge < -0.3 is 10.4 Å². The van der Waals surface area contributed by atoms with Crippen LogP contribution in [0.4, 0.5) is 36.4 Å². The molecule has 2 heterocycles. The number of phenols is 1. The normalized spacial score (nSPS) is 13.1. The van der Waals surface area contributed by atoms with Gasteiger partial charge in [-0.3, -0.25) is 4.98 Å². The molecule has 11 heteroatoms. The Kier molecular flexibility index (Phi) is 5.80. The number of hydrogen-bond acceptors (Lipinski definition) is 4. The predicted molar refractivity (Wildman–Crippen MR) is 110 cm³/mol. The SMILES string of the molecule is Oc1c(C(Nc2ccc(C(F)(F)F)nc2)c2ccc(C(F)(F)F)cc2F)ccc2cccnc12. The van der Waals surface area contributed by atoms with Gasteiger partial charge in [0.1, 0.15) is 22.8 Å². The van der Waals surface area contributed by atoms with Gasteiger partial charge in [-0.2, -0.15) is 26.3 Å². The Morgan fingerprint density at radius 1 is 0.824 bits per heavy atom. The minimum Gasteiger partial charge on any atom is -0.505 e. The fourth-order valence-electron chi connectivity index (χ4n) is 3.45. The van der Waals surface area contributed by atoms with Crippen LogP contribution in [0.1, 0.15) is 28.4 Å². The van der Waals surface area contributed by atoms with Gasteiger partial charge in [-0.05, 0) is 30.3 Å². The zero-order chi connectivity index (χ0) is 24.7. The molecule has 4 aromatic rings. The van der Waals surface area contributed by atoms with Crippen LogP contribution < -0.4 is 5.32 Å². The van der Waals surface area contributed by atoms with Crippen LogP contribution in [-0.4, -0.2) is 15.1 Å². The van der Waals surface area contributed by atoms with Crippen molar-refractivity contribution in [1.29, 1.82) is 0 Å². The van der Waals surface area contributed by atoms with Crippen molar-refractivity contribution in [3.8, 4) is 5.75 Å². The highest BCUT2D eigenvalue weighted by molar-refractivity contribution is 5.86. The van der Waals surface area contributed by atoms with Crippen LogP contribution in [0.3, 0.4) is 0 Å². The first-order chi connectivity index (χ1) is 15.9. The highest BCUT2D eigenvalue weighted by atomic mass is 19.4. The lowest BCUT2D eigenvalue weighted by atomic mass is 9.94. The second-order valence-electron chi connectivity index (χ2n) is 7.32. The maximum Gasteiger partial charge on any atom is 0.433 e. The van der Waals surface area contributed by atoms with E-state index in [4.69, 9.17) is 0 Å². The summed E-state index contributed by atoms with van der Waals surface area (Å²) in [6, 6.07) is 8.62. The molecule has 0 saturated heterocycles. The summed E-state index contributed by atoms with van der Waals surface area (Å²) in [5.41, 5.74) is -2.44. The Balaban J connectivity index is 1.83. The van der Waals surface area contributed by atoms with E-state index in [1.165, 1.54) is 12.3 Å². The van der Waals surface area contributed by atoms with Gasteiger partial charge in [-0.25, -0.2) is 9.37 Å². The molecule has 0 aliphatic heterocycles. The van der Waals surface area contributed by atoms with Crippen LogP contribution in [0.2, 0.25) is 0 Å². The van der Waals surface area contributed by atoms with Crippen LogP contribution in [0.5, 0.6) is 5.75 Å². The molecule has 0 spiro atoms. The molecule has 176 valence electrons. The molecule has 2 N–H and O–H groups in total. The van der Waals surface area contributed by atoms with Crippen molar-refractivity contribution >= 4 is 16.6 Å². The maximum absolute atomic E-state index is 14.9. The van der Waals surface area contributed by atoms with Crippen LogP contribution in [0, 0.1) is 5.82 Å². The fourth-order valence-corrected chi connectivity index (χ4v) is 3.45. The number of halogens is 7. The number of rotatable bonds is 4. The zero-order valence-electron chi connectivity index (χ0n) is 16.9. The number of pyridine rings is 2. The largest absolute Gasteiger partial charge is 0.505 e. The van der Waals surface area contributed by atoms with Crippen molar-refractivity contribution in [2.75, 3.05) is 5.32 Å². The van der Waals surface area contributed by atoms with Gasteiger partial charge >= 0.3 is 12.4 Å². The summed E-state index contributed by atoms with van der Waals surface area (Å²) in [5.74, 6) is -1.59. The number of anilines is 1. The van der Waals surface area contributed by atoms with Gasteiger partial charge in [0.15, 0.2) is 0 Å². The Morgan fingerprint density at radius 2 is 1.56 bits per heavy atom. The van der Waals surface area contributed by atoms with Crippen molar-refractivity contribution in [3.05, 3.63) is 95.2 Å². The van der Waals surface area contributed by atoms with E-state index in [2.05, 4.69) is 15.3 Å². The van der Waals surface area contributed by atoms with Crippen molar-refractivity contribution in [2.45, 2.75) is 18.4 Å². The molecule has 2 aromatic heterocycles. The first-order valence-electron chi connectivity index (χ1n) is 9.68. The minimum absolute atomic E-state index is 0.0119. The maximum atomic E-state index is 14.9. The topological polar surface area (TPSA) is 58.0 Å². The molecule has 0 fully saturated rings. The van der Waals surface area contributed by atoms with Crippen molar-refractivity contribution < 1.29 is 35.8 Å². The van der Waals surface area contributed by atoms with E-state index in [9.17, 15) is 35.8 Å². The molecule has 0 aliphatic rings. The third-order valence-electron chi connectivity index (χ3n) is 5.09. The summed E-state index contributed by atoms with van der Waals surface area (Å²) in [7, 11) is 0. The second-order valence-corrected chi connectivity index (χ2v) is 7.32. The van der Waals surface area contributed by atoms with E-state index in [1.54, 1.807) is 18.2 Å². The number of hydrogen-bond donors (Lipinski definition) is 2. The van der Waals surface area contributed by atoms with Crippen LogP contribution in [0.25, 0.3) is 10.9 Å². The van der Waals surface area contributed by atoms with Crippen molar-refractivity contribution in [2.24, 2.45) is 0 Å². The zero-order valence-corrected chi connectivity index (χ0v) is 16.9. The van der Waals surface area contributed by atoms with E-state index >= 15 is 0 Å². The molecule has 1 atom stereocenters. The van der Waals surface area contributed by atoms with Gasteiger partial charge in [-0.1, -0.05) is 24.3 Å². The first kappa shape index (κ1) is 23.3. The molecule has 1 unspecified atom stereocenters. The Bertz CT molecular complexity index is 1340. The monoisotopic (exact) mass is 481 g/mol. The Labute approximate surface area is 187 Å². The molecule has 0 amide bonds. The number of aromatic nitrogens is 2. The average molecular weight is 481 g/mol. The third kappa shape index (κ3) is 4.59. The molecular formula is C23H14F7N3O. The number of aromatic hydroxyl groups is 1. The average Bonchev–Trinajstić information content (AvgIpc) is 2.77. The lowest BCUT2D eigenvalue weighted by Crippen LogP contribution is -2.16. The molecule has 0 radical (unpaired) electrons. The predicted octanol–water partition coefficient (Wildman–Crippen LogP) is 6.71. The van der Waals surface area contributed by atoms with E-state index in [1.807, 2.05) is 0 Å². The first-order valence-corrected chi connectivity index (χ1v) is 9.68. The van der Waals surface area contributed by atoms with Gasteiger partial charge in [0.25, 0.3) is 0 Å². The summed E-state index contributed by atoms with van der Waals surface area (Å²) in [6.45, 7) is 0. The van der Waals surface area contributed by atoms with E-state index < -0.39 is 35.5 Å². The van der Waals surface area contributed by atoms with Crippen LogP contribution in [-0.2, 0) is 12.4 Å². The number of alkyl halides is 6.